The summed E-state index contributed by atoms with van der Waals surface area (Å²) in [6.45, 7) is 19.3. The van der Waals surface area contributed by atoms with Crippen LogP contribution in [0.1, 0.15) is 113 Å². The third kappa shape index (κ3) is 3.59. The van der Waals surface area contributed by atoms with Gasteiger partial charge in [0.15, 0.2) is 0 Å². The fraction of sp³-hybridized carbons (Fsp3) is 0.933. The Kier molecular flexibility index (Phi) is 6.07. The average Bonchev–Trinajstić information content (AvgIpc) is 3.02. The first-order valence-corrected chi connectivity index (χ1v) is 13.8. The lowest BCUT2D eigenvalue weighted by atomic mass is 9.41. The minimum atomic E-state index is -0.554. The highest BCUT2D eigenvalue weighted by atomic mass is 16.3. The first kappa shape index (κ1) is 23.8. The van der Waals surface area contributed by atoms with Crippen LogP contribution >= 0.6 is 0 Å². The predicted octanol–water partition coefficient (Wildman–Crippen LogP) is 8.27. The van der Waals surface area contributed by atoms with Crippen LogP contribution in [-0.4, -0.2) is 10.7 Å². The van der Waals surface area contributed by atoms with Gasteiger partial charge in [-0.05, 0) is 103 Å². The van der Waals surface area contributed by atoms with E-state index < -0.39 is 5.60 Å². The van der Waals surface area contributed by atoms with Crippen LogP contribution in [0.5, 0.6) is 0 Å². The van der Waals surface area contributed by atoms with Gasteiger partial charge in [0, 0.05) is 0 Å². The summed E-state index contributed by atoms with van der Waals surface area (Å²) in [5, 5.41) is 11.2. The van der Waals surface area contributed by atoms with Crippen molar-refractivity contribution < 1.29 is 5.11 Å². The second kappa shape index (κ2) is 7.89. The molecular formula is C30H52O. The van der Waals surface area contributed by atoms with E-state index in [1.165, 1.54) is 51.4 Å². The molecule has 0 aromatic rings. The van der Waals surface area contributed by atoms with Crippen LogP contribution in [0.3, 0.4) is 0 Å². The van der Waals surface area contributed by atoms with Crippen molar-refractivity contribution in [2.24, 2.45) is 57.7 Å². The average molecular weight is 429 g/mol. The fourth-order valence-corrected chi connectivity index (χ4v) is 9.52. The van der Waals surface area contributed by atoms with Crippen molar-refractivity contribution in [1.82, 2.24) is 0 Å². The topological polar surface area (TPSA) is 20.2 Å². The maximum absolute atomic E-state index is 11.2. The second-order valence-corrected chi connectivity index (χ2v) is 14.2. The van der Waals surface area contributed by atoms with Crippen molar-refractivity contribution in [3.63, 3.8) is 0 Å². The number of hydrogen-bond donors (Lipinski definition) is 1. The van der Waals surface area contributed by atoms with E-state index in [9.17, 15) is 5.11 Å². The van der Waals surface area contributed by atoms with Gasteiger partial charge in [-0.1, -0.05) is 79.9 Å². The van der Waals surface area contributed by atoms with E-state index >= 15 is 0 Å². The van der Waals surface area contributed by atoms with Crippen LogP contribution in [0.25, 0.3) is 0 Å². The van der Waals surface area contributed by atoms with Gasteiger partial charge < -0.3 is 5.11 Å². The number of rotatable bonds is 5. The molecule has 4 rings (SSSR count). The minimum Gasteiger partial charge on any atom is -0.390 e. The molecule has 31 heavy (non-hydrogen) atoms. The Morgan fingerprint density at radius 1 is 0.806 bits per heavy atom. The van der Waals surface area contributed by atoms with Crippen molar-refractivity contribution in [2.45, 2.75) is 119 Å². The molecule has 9 atom stereocenters. The van der Waals surface area contributed by atoms with Gasteiger partial charge in [-0.2, -0.15) is 0 Å². The van der Waals surface area contributed by atoms with Crippen LogP contribution in [0.15, 0.2) is 12.2 Å². The molecule has 0 bridgehead atoms. The minimum absolute atomic E-state index is 0.0502. The molecule has 4 aliphatic carbocycles. The lowest BCUT2D eigenvalue weighted by Crippen LogP contribution is -2.61. The van der Waals surface area contributed by atoms with Crippen LogP contribution < -0.4 is 0 Å². The lowest BCUT2D eigenvalue weighted by molar-refractivity contribution is -0.178. The Morgan fingerprint density at radius 2 is 1.48 bits per heavy atom. The molecular weight excluding hydrogens is 376 g/mol. The van der Waals surface area contributed by atoms with Crippen molar-refractivity contribution >= 4 is 0 Å². The molecule has 178 valence electrons. The summed E-state index contributed by atoms with van der Waals surface area (Å²) < 4.78 is 0. The molecule has 0 saturated heterocycles. The first-order valence-electron chi connectivity index (χ1n) is 13.8. The Morgan fingerprint density at radius 3 is 2.16 bits per heavy atom. The molecule has 0 heterocycles. The number of aliphatic hydroxyl groups is 1. The van der Waals surface area contributed by atoms with Gasteiger partial charge >= 0.3 is 0 Å². The van der Waals surface area contributed by atoms with E-state index in [1.807, 2.05) is 0 Å². The number of fused-ring (bicyclic) bond motifs is 5. The molecule has 0 aromatic heterocycles. The number of allylic oxidation sites excluding steroid dienone is 2. The summed E-state index contributed by atoms with van der Waals surface area (Å²) in [6, 6.07) is 0. The monoisotopic (exact) mass is 428 g/mol. The zero-order valence-electron chi connectivity index (χ0n) is 22.0. The molecule has 0 amide bonds. The molecule has 0 aliphatic heterocycles. The van der Waals surface area contributed by atoms with Crippen molar-refractivity contribution in [3.8, 4) is 0 Å². The zero-order valence-corrected chi connectivity index (χ0v) is 22.0. The van der Waals surface area contributed by atoms with E-state index in [2.05, 4.69) is 67.5 Å². The molecule has 0 radical (unpaired) electrons. The Hall–Kier alpha value is -0.300. The quantitative estimate of drug-likeness (QED) is 0.437. The van der Waals surface area contributed by atoms with Gasteiger partial charge in [0.1, 0.15) is 0 Å². The zero-order chi connectivity index (χ0) is 22.8. The normalized spacial score (nSPS) is 49.4. The van der Waals surface area contributed by atoms with Gasteiger partial charge in [0.25, 0.3) is 0 Å². The van der Waals surface area contributed by atoms with Gasteiger partial charge in [-0.25, -0.2) is 0 Å². The van der Waals surface area contributed by atoms with E-state index in [1.54, 1.807) is 0 Å². The summed E-state index contributed by atoms with van der Waals surface area (Å²) in [5.74, 6) is 5.61. The van der Waals surface area contributed by atoms with Gasteiger partial charge in [-0.3, -0.25) is 0 Å². The van der Waals surface area contributed by atoms with E-state index in [0.717, 1.165) is 41.9 Å². The molecule has 3 fully saturated rings. The van der Waals surface area contributed by atoms with Gasteiger partial charge in [-0.15, -0.1) is 0 Å². The number of hydrogen-bond acceptors (Lipinski definition) is 1. The molecule has 3 saturated carbocycles. The summed E-state index contributed by atoms with van der Waals surface area (Å²) >= 11 is 0. The Balaban J connectivity index is 1.55. The highest BCUT2D eigenvalue weighted by molar-refractivity contribution is 5.22. The molecule has 0 spiro atoms. The lowest BCUT2D eigenvalue weighted by Gasteiger charge is -2.64. The fourth-order valence-electron chi connectivity index (χ4n) is 9.52. The van der Waals surface area contributed by atoms with Crippen molar-refractivity contribution in [2.75, 3.05) is 0 Å². The summed E-state index contributed by atoms with van der Waals surface area (Å²) in [5.41, 5.74) is 0.294. The summed E-state index contributed by atoms with van der Waals surface area (Å²) in [6.07, 6.45) is 17.4. The maximum Gasteiger partial charge on any atom is 0.0676 e. The van der Waals surface area contributed by atoms with Crippen LogP contribution in [-0.2, 0) is 0 Å². The molecule has 0 unspecified atom stereocenters. The molecule has 0 aromatic carbocycles. The van der Waals surface area contributed by atoms with Crippen LogP contribution in [0, 0.1) is 57.7 Å². The molecule has 1 N–H and O–H groups in total. The Bertz CT molecular complexity index is 687. The summed E-state index contributed by atoms with van der Waals surface area (Å²) in [7, 11) is 0. The van der Waals surface area contributed by atoms with E-state index in [-0.39, 0.29) is 5.41 Å². The smallest absolute Gasteiger partial charge is 0.0676 e. The third-order valence-electron chi connectivity index (χ3n) is 11.9. The second-order valence-electron chi connectivity index (χ2n) is 14.2. The SMILES string of the molecule is CC(C)CCC[C@@H](C)[C@H]1CC[C@H]2[C@@H]3C=C[C@H]4C(C)(C)[C@](C)(O)CC[C@]4(C)[C@H]3CC[C@]12C. The van der Waals surface area contributed by atoms with E-state index in [4.69, 9.17) is 0 Å². The first-order chi connectivity index (χ1) is 14.3. The summed E-state index contributed by atoms with van der Waals surface area (Å²) in [4.78, 5) is 0. The largest absolute Gasteiger partial charge is 0.390 e. The standard InChI is InChI=1S/C30H52O/c1-20(2)10-9-11-21(3)23-13-14-24-22-12-15-26-27(4,5)30(8,31)19-18-29(26,7)25(22)16-17-28(23,24)6/h12,15,20-26,31H,9-11,13-14,16-19H2,1-8H3/t21-,22+,23-,24+,25+,26+,28-,29-,30-/m1/s1. The van der Waals surface area contributed by atoms with Gasteiger partial charge in [0.2, 0.25) is 0 Å². The maximum atomic E-state index is 11.2. The molecule has 4 aliphatic rings. The highest BCUT2D eigenvalue weighted by Crippen LogP contribution is 2.69. The van der Waals surface area contributed by atoms with Crippen LogP contribution in [0.2, 0.25) is 0 Å². The van der Waals surface area contributed by atoms with E-state index in [0.29, 0.717) is 16.7 Å². The third-order valence-corrected chi connectivity index (χ3v) is 11.9. The van der Waals surface area contributed by atoms with Crippen molar-refractivity contribution in [3.05, 3.63) is 12.2 Å². The molecule has 1 nitrogen and oxygen atoms in total. The van der Waals surface area contributed by atoms with Crippen LogP contribution in [0.4, 0.5) is 0 Å². The van der Waals surface area contributed by atoms with Crippen molar-refractivity contribution in [1.29, 1.82) is 0 Å². The Labute approximate surface area is 193 Å². The highest BCUT2D eigenvalue weighted by Gasteiger charge is 2.63. The van der Waals surface area contributed by atoms with Gasteiger partial charge in [0.05, 0.1) is 5.60 Å². The predicted molar refractivity (Wildman–Crippen MR) is 133 cm³/mol. The molecule has 1 heteroatoms.